The van der Waals surface area contributed by atoms with Crippen LogP contribution in [0.2, 0.25) is 0 Å². The predicted molar refractivity (Wildman–Crippen MR) is 93.5 cm³/mol. The van der Waals surface area contributed by atoms with Crippen molar-refractivity contribution >= 4 is 29.3 Å². The number of morpholine rings is 1. The summed E-state index contributed by atoms with van der Waals surface area (Å²) < 4.78 is 18.5. The minimum atomic E-state index is -0.351. The number of rotatable bonds is 5. The van der Waals surface area contributed by atoms with E-state index in [-0.39, 0.29) is 40.8 Å². The fourth-order valence-electron chi connectivity index (χ4n) is 2.62. The van der Waals surface area contributed by atoms with Crippen molar-refractivity contribution in [1.29, 1.82) is 0 Å². The number of benzene rings is 1. The van der Waals surface area contributed by atoms with Crippen molar-refractivity contribution in [2.24, 2.45) is 0 Å². The Kier molecular flexibility index (Phi) is 6.62. The lowest BCUT2D eigenvalue weighted by Gasteiger charge is -2.36. The van der Waals surface area contributed by atoms with Crippen LogP contribution in [0.3, 0.4) is 0 Å². The van der Waals surface area contributed by atoms with Gasteiger partial charge in [0.05, 0.1) is 23.2 Å². The van der Waals surface area contributed by atoms with Crippen LogP contribution in [0.15, 0.2) is 24.3 Å². The fourth-order valence-corrected chi connectivity index (χ4v) is 3.38. The molecule has 0 bridgehead atoms. The Bertz CT molecular complexity index is 572. The van der Waals surface area contributed by atoms with Gasteiger partial charge in [-0.1, -0.05) is 0 Å². The number of hydrogen-bond acceptors (Lipinski definition) is 4. The number of nitrogens with zero attached hydrogens (tertiary/aromatic N) is 1. The molecule has 3 unspecified atom stereocenters. The minimum absolute atomic E-state index is 0.0246. The molecule has 0 saturated carbocycles. The SMILES string of the molecule is CC1CN(C(=O)C(C)SCC(=O)Nc2ccc(F)cc2)CC(C)O1. The molecular formula is C17H23FN2O3S. The van der Waals surface area contributed by atoms with Gasteiger partial charge in [0.1, 0.15) is 5.82 Å². The van der Waals surface area contributed by atoms with Crippen LogP contribution in [0, 0.1) is 5.82 Å². The van der Waals surface area contributed by atoms with Crippen molar-refractivity contribution < 1.29 is 18.7 Å². The average molecular weight is 354 g/mol. The summed E-state index contributed by atoms with van der Waals surface area (Å²) in [6.45, 7) is 6.86. The molecule has 1 aromatic rings. The number of hydrogen-bond donors (Lipinski definition) is 1. The molecule has 2 amide bonds. The summed E-state index contributed by atoms with van der Waals surface area (Å²) in [4.78, 5) is 26.2. The maximum absolute atomic E-state index is 12.8. The van der Waals surface area contributed by atoms with E-state index in [1.165, 1.54) is 36.0 Å². The zero-order valence-corrected chi connectivity index (χ0v) is 14.9. The highest BCUT2D eigenvalue weighted by molar-refractivity contribution is 8.01. The second kappa shape index (κ2) is 8.48. The van der Waals surface area contributed by atoms with Gasteiger partial charge in [-0.25, -0.2) is 4.39 Å². The first-order valence-electron chi connectivity index (χ1n) is 7.96. The van der Waals surface area contributed by atoms with Gasteiger partial charge in [-0.2, -0.15) is 0 Å². The Morgan fingerprint density at radius 1 is 1.29 bits per heavy atom. The Hall–Kier alpha value is -1.60. The maximum Gasteiger partial charge on any atom is 0.235 e. The molecule has 0 aliphatic carbocycles. The van der Waals surface area contributed by atoms with Crippen molar-refractivity contribution in [2.45, 2.75) is 38.2 Å². The lowest BCUT2D eigenvalue weighted by atomic mass is 10.2. The molecule has 1 fully saturated rings. The summed E-state index contributed by atoms with van der Waals surface area (Å²) in [5, 5.41) is 2.38. The van der Waals surface area contributed by atoms with E-state index in [1.54, 1.807) is 4.90 Å². The van der Waals surface area contributed by atoms with E-state index in [2.05, 4.69) is 5.32 Å². The quantitative estimate of drug-likeness (QED) is 0.883. The normalized spacial score (nSPS) is 22.1. The summed E-state index contributed by atoms with van der Waals surface area (Å²) in [5.41, 5.74) is 0.539. The molecule has 0 spiro atoms. The van der Waals surface area contributed by atoms with E-state index in [9.17, 15) is 14.0 Å². The lowest BCUT2D eigenvalue weighted by molar-refractivity contribution is -0.142. The van der Waals surface area contributed by atoms with E-state index in [1.807, 2.05) is 20.8 Å². The molecule has 1 aromatic carbocycles. The van der Waals surface area contributed by atoms with Crippen LogP contribution >= 0.6 is 11.8 Å². The third kappa shape index (κ3) is 5.49. The van der Waals surface area contributed by atoms with Gasteiger partial charge in [-0.05, 0) is 45.0 Å². The third-order valence-electron chi connectivity index (χ3n) is 3.67. The first-order valence-corrected chi connectivity index (χ1v) is 9.01. The largest absolute Gasteiger partial charge is 0.372 e. The number of carbonyl (C=O) groups excluding carboxylic acids is 2. The van der Waals surface area contributed by atoms with Crippen molar-refractivity contribution in [1.82, 2.24) is 4.90 Å². The highest BCUT2D eigenvalue weighted by Crippen LogP contribution is 2.18. The van der Waals surface area contributed by atoms with Gasteiger partial charge in [-0.3, -0.25) is 9.59 Å². The second-order valence-corrected chi connectivity index (χ2v) is 7.34. The van der Waals surface area contributed by atoms with E-state index < -0.39 is 0 Å². The Labute approximate surface area is 145 Å². The van der Waals surface area contributed by atoms with Gasteiger partial charge in [0.2, 0.25) is 11.8 Å². The minimum Gasteiger partial charge on any atom is -0.372 e. The van der Waals surface area contributed by atoms with Crippen molar-refractivity contribution in [2.75, 3.05) is 24.2 Å². The van der Waals surface area contributed by atoms with Crippen LogP contribution in [0.1, 0.15) is 20.8 Å². The van der Waals surface area contributed by atoms with E-state index in [0.29, 0.717) is 18.8 Å². The maximum atomic E-state index is 12.8. The molecule has 1 heterocycles. The van der Waals surface area contributed by atoms with Crippen LogP contribution in [0.5, 0.6) is 0 Å². The summed E-state index contributed by atoms with van der Waals surface area (Å²) in [7, 11) is 0. The zero-order chi connectivity index (χ0) is 17.7. The molecule has 1 aliphatic rings. The lowest BCUT2D eigenvalue weighted by Crippen LogP contribution is -2.50. The van der Waals surface area contributed by atoms with Gasteiger partial charge < -0.3 is 15.0 Å². The summed E-state index contributed by atoms with van der Waals surface area (Å²) in [6.07, 6.45) is 0.0494. The standard InChI is InChI=1S/C17H23FN2O3S/c1-11-8-20(9-12(2)23-11)17(22)13(3)24-10-16(21)19-15-6-4-14(18)5-7-15/h4-7,11-13H,8-10H2,1-3H3,(H,19,21). The molecule has 3 atom stereocenters. The van der Waals surface area contributed by atoms with Crippen LogP contribution in [0.4, 0.5) is 10.1 Å². The molecule has 1 saturated heterocycles. The molecular weight excluding hydrogens is 331 g/mol. The zero-order valence-electron chi connectivity index (χ0n) is 14.1. The van der Waals surface area contributed by atoms with E-state index in [0.717, 1.165) is 0 Å². The monoisotopic (exact) mass is 354 g/mol. The number of carbonyl (C=O) groups is 2. The molecule has 0 radical (unpaired) electrons. The highest BCUT2D eigenvalue weighted by atomic mass is 32.2. The summed E-state index contributed by atoms with van der Waals surface area (Å²) >= 11 is 1.29. The fraction of sp³-hybridized carbons (Fsp3) is 0.529. The second-order valence-electron chi connectivity index (χ2n) is 6.01. The van der Waals surface area contributed by atoms with Crippen molar-refractivity contribution in [3.05, 3.63) is 30.1 Å². The number of nitrogens with one attached hydrogen (secondary N) is 1. The number of amides is 2. The van der Waals surface area contributed by atoms with Gasteiger partial charge in [0.25, 0.3) is 0 Å². The smallest absolute Gasteiger partial charge is 0.235 e. The number of anilines is 1. The number of ether oxygens (including phenoxy) is 1. The molecule has 1 N–H and O–H groups in total. The van der Waals surface area contributed by atoms with Gasteiger partial charge >= 0.3 is 0 Å². The highest BCUT2D eigenvalue weighted by Gasteiger charge is 2.29. The first kappa shape index (κ1) is 18.7. The Morgan fingerprint density at radius 2 is 1.88 bits per heavy atom. The summed E-state index contributed by atoms with van der Waals surface area (Å²) in [5.74, 6) is -0.373. The molecule has 7 heteroatoms. The van der Waals surface area contributed by atoms with Crippen LogP contribution in [-0.4, -0.2) is 53.0 Å². The van der Waals surface area contributed by atoms with Crippen LogP contribution < -0.4 is 5.32 Å². The van der Waals surface area contributed by atoms with Crippen LogP contribution in [0.25, 0.3) is 0 Å². The van der Waals surface area contributed by atoms with E-state index >= 15 is 0 Å². The molecule has 132 valence electrons. The first-order chi connectivity index (χ1) is 11.3. The molecule has 2 rings (SSSR count). The van der Waals surface area contributed by atoms with E-state index in [4.69, 9.17) is 4.74 Å². The van der Waals surface area contributed by atoms with Gasteiger partial charge in [-0.15, -0.1) is 11.8 Å². The number of halogens is 1. The average Bonchev–Trinajstić information content (AvgIpc) is 2.53. The molecule has 0 aromatic heterocycles. The van der Waals surface area contributed by atoms with Crippen LogP contribution in [-0.2, 0) is 14.3 Å². The Morgan fingerprint density at radius 3 is 2.46 bits per heavy atom. The predicted octanol–water partition coefficient (Wildman–Crippen LogP) is 2.52. The molecule has 24 heavy (non-hydrogen) atoms. The Balaban J connectivity index is 1.79. The molecule has 1 aliphatic heterocycles. The third-order valence-corrected chi connectivity index (χ3v) is 4.80. The molecule has 5 nitrogen and oxygen atoms in total. The van der Waals surface area contributed by atoms with Gasteiger partial charge in [0.15, 0.2) is 0 Å². The van der Waals surface area contributed by atoms with Crippen molar-refractivity contribution in [3.63, 3.8) is 0 Å². The topological polar surface area (TPSA) is 58.6 Å². The number of thioether (sulfide) groups is 1. The van der Waals surface area contributed by atoms with Gasteiger partial charge in [0, 0.05) is 18.8 Å². The van der Waals surface area contributed by atoms with Crippen molar-refractivity contribution in [3.8, 4) is 0 Å². The summed E-state index contributed by atoms with van der Waals surface area (Å²) in [6, 6.07) is 5.58.